The van der Waals surface area contributed by atoms with Crippen LogP contribution in [-0.2, 0) is 31.2 Å². The van der Waals surface area contributed by atoms with Crippen LogP contribution in [0.15, 0.2) is 12.1 Å². The van der Waals surface area contributed by atoms with Crippen molar-refractivity contribution in [2.45, 2.75) is 40.0 Å². The van der Waals surface area contributed by atoms with Crippen LogP contribution in [0.25, 0.3) is 0 Å². The molecule has 0 amide bonds. The van der Waals surface area contributed by atoms with Crippen molar-refractivity contribution in [3.63, 3.8) is 0 Å². The van der Waals surface area contributed by atoms with Crippen molar-refractivity contribution in [3.05, 3.63) is 28.8 Å². The first-order valence-electron chi connectivity index (χ1n) is 5.41. The van der Waals surface area contributed by atoms with E-state index in [4.69, 9.17) is 4.18 Å². The average molecular weight is 268 g/mol. The third-order valence-corrected chi connectivity index (χ3v) is 2.86. The number of benzene rings is 1. The third kappa shape index (κ3) is 4.02. The van der Waals surface area contributed by atoms with E-state index in [9.17, 15) is 4.21 Å². The average Bonchev–Trinajstić information content (AvgIpc) is 2.29. The predicted octanol–water partition coefficient (Wildman–Crippen LogP) is 1.70. The second-order valence-electron chi connectivity index (χ2n) is 3.47. The van der Waals surface area contributed by atoms with E-state index in [1.807, 2.05) is 0 Å². The van der Waals surface area contributed by atoms with Crippen molar-refractivity contribution in [1.29, 1.82) is 0 Å². The molecule has 0 fully saturated rings. The van der Waals surface area contributed by atoms with E-state index in [1.165, 1.54) is 5.56 Å². The zero-order chi connectivity index (χ0) is 11.3. The molecule has 0 saturated heterocycles. The fourth-order valence-corrected chi connectivity index (χ4v) is 2.02. The summed E-state index contributed by atoms with van der Waals surface area (Å²) in [4.78, 5) is 0. The number of hydrogen-bond donors (Lipinski definition) is 1. The van der Waals surface area contributed by atoms with Gasteiger partial charge in [0.05, 0.1) is 0 Å². The van der Waals surface area contributed by atoms with Crippen LogP contribution < -0.4 is 4.18 Å². The van der Waals surface area contributed by atoms with Gasteiger partial charge in [-0.2, -0.15) is 0 Å². The summed E-state index contributed by atoms with van der Waals surface area (Å²) in [5.41, 5.74) is 3.61. The molecule has 4 heteroatoms. The van der Waals surface area contributed by atoms with Crippen LogP contribution >= 0.6 is 0 Å². The zero-order valence-electron chi connectivity index (χ0n) is 9.54. The molecule has 16 heavy (non-hydrogen) atoms. The molecule has 1 aromatic carbocycles. The Balaban J connectivity index is 0.00000225. The van der Waals surface area contributed by atoms with E-state index in [2.05, 4.69) is 32.9 Å². The van der Waals surface area contributed by atoms with Crippen LogP contribution in [0.2, 0.25) is 0 Å². The van der Waals surface area contributed by atoms with Gasteiger partial charge in [0, 0.05) is 0 Å². The van der Waals surface area contributed by atoms with Gasteiger partial charge in [0.1, 0.15) is 5.75 Å². The van der Waals surface area contributed by atoms with Gasteiger partial charge < -0.3 is 4.18 Å². The summed E-state index contributed by atoms with van der Waals surface area (Å²) in [6.07, 6.45) is 2.84. The molecule has 0 unspecified atom stereocenters. The molecule has 0 saturated carbocycles. The molecule has 0 radical (unpaired) electrons. The molecule has 1 aromatic rings. The zero-order valence-corrected chi connectivity index (χ0v) is 10.4. The molecule has 0 aromatic heterocycles. The Morgan fingerprint density at radius 1 is 1.06 bits per heavy atom. The quantitative estimate of drug-likeness (QED) is 0.650. The van der Waals surface area contributed by atoms with Gasteiger partial charge in [-0.05, 0) is 36.0 Å². The van der Waals surface area contributed by atoms with Gasteiger partial charge >= 0.3 is 37.7 Å². The summed E-state index contributed by atoms with van der Waals surface area (Å²) in [5, 5.41) is 0. The van der Waals surface area contributed by atoms with Crippen LogP contribution in [0.5, 0.6) is 5.75 Å². The summed E-state index contributed by atoms with van der Waals surface area (Å²) >= 11 is -0.271. The van der Waals surface area contributed by atoms with E-state index in [0.29, 0.717) is 0 Å². The minimum atomic E-state index is -0.271. The molecular weight excluding hydrogens is 248 g/mol. The summed E-state index contributed by atoms with van der Waals surface area (Å²) in [7, 11) is 0. The molecule has 0 spiro atoms. The van der Waals surface area contributed by atoms with Crippen molar-refractivity contribution >= 4 is 49.7 Å². The van der Waals surface area contributed by atoms with E-state index < -0.39 is 0 Å². The van der Waals surface area contributed by atoms with Gasteiger partial charge in [0.25, 0.3) is 0 Å². The first-order valence-corrected chi connectivity index (χ1v) is 6.14. The first kappa shape index (κ1) is 16.4. The molecule has 0 aliphatic heterocycles. The predicted molar refractivity (Wildman–Crippen MR) is 73.3 cm³/mol. The SMILES string of the molecule is CCc1cc(CC)c(O[SH]=O)c(CC)c1.[CaH2]. The summed E-state index contributed by atoms with van der Waals surface area (Å²) < 4.78 is 15.7. The molecule has 0 aliphatic rings. The van der Waals surface area contributed by atoms with Crippen molar-refractivity contribution in [2.75, 3.05) is 0 Å². The van der Waals surface area contributed by atoms with E-state index in [-0.39, 0.29) is 49.7 Å². The number of hydrogen-bond acceptors (Lipinski definition) is 2. The second kappa shape index (κ2) is 8.51. The fraction of sp³-hybridized carbons (Fsp3) is 0.500. The molecular formula is C12H20CaO2S. The van der Waals surface area contributed by atoms with E-state index in [0.717, 1.165) is 36.1 Å². The monoisotopic (exact) mass is 268 g/mol. The maximum absolute atomic E-state index is 10.5. The van der Waals surface area contributed by atoms with E-state index >= 15 is 0 Å². The molecule has 1 rings (SSSR count). The van der Waals surface area contributed by atoms with Crippen molar-refractivity contribution in [2.24, 2.45) is 0 Å². The molecule has 0 N–H and O–H groups in total. The number of rotatable bonds is 5. The molecule has 88 valence electrons. The second-order valence-corrected chi connectivity index (χ2v) is 3.80. The van der Waals surface area contributed by atoms with Gasteiger partial charge in [0.15, 0.2) is 11.9 Å². The Kier molecular flexibility index (Phi) is 8.74. The van der Waals surface area contributed by atoms with Crippen molar-refractivity contribution in [1.82, 2.24) is 0 Å². The Labute approximate surface area is 131 Å². The van der Waals surface area contributed by atoms with Crippen LogP contribution in [0.4, 0.5) is 0 Å². The maximum atomic E-state index is 10.5. The van der Waals surface area contributed by atoms with E-state index in [1.54, 1.807) is 0 Å². The van der Waals surface area contributed by atoms with Gasteiger partial charge in [-0.1, -0.05) is 32.9 Å². The van der Waals surface area contributed by atoms with Gasteiger partial charge in [-0.3, -0.25) is 0 Å². The van der Waals surface area contributed by atoms with Gasteiger partial charge in [0.2, 0.25) is 0 Å². The van der Waals surface area contributed by atoms with Crippen molar-refractivity contribution in [3.8, 4) is 5.75 Å². The Hall–Kier alpha value is 0.430. The summed E-state index contributed by atoms with van der Waals surface area (Å²) in [5.74, 6) is 0.800. The Morgan fingerprint density at radius 2 is 1.56 bits per heavy atom. The Bertz CT molecular complexity index is 328. The molecule has 0 heterocycles. The van der Waals surface area contributed by atoms with Crippen LogP contribution in [0, 0.1) is 0 Å². The van der Waals surface area contributed by atoms with Gasteiger partial charge in [-0.15, -0.1) is 0 Å². The first-order chi connectivity index (χ1) is 7.26. The minimum absolute atomic E-state index is 0. The molecule has 0 bridgehead atoms. The fourth-order valence-electron chi connectivity index (χ4n) is 1.71. The normalized spacial score (nSPS) is 9.69. The van der Waals surface area contributed by atoms with Crippen LogP contribution in [-0.4, -0.2) is 41.9 Å². The van der Waals surface area contributed by atoms with Gasteiger partial charge in [-0.25, -0.2) is 4.21 Å². The number of aryl methyl sites for hydroxylation is 3. The number of thiol groups is 1. The standard InChI is InChI=1S/C12H18O2S.Ca.2H/c1-4-9-7-10(5-2)12(14-15-13)11(6-3)8-9;;;/h7-8,15H,4-6H2,1-3H3;;;. The van der Waals surface area contributed by atoms with Crippen LogP contribution in [0.1, 0.15) is 37.5 Å². The summed E-state index contributed by atoms with van der Waals surface area (Å²) in [6.45, 7) is 6.31. The van der Waals surface area contributed by atoms with Crippen molar-refractivity contribution < 1.29 is 8.39 Å². The third-order valence-electron chi connectivity index (χ3n) is 2.60. The molecule has 0 atom stereocenters. The summed E-state index contributed by atoms with van der Waals surface area (Å²) in [6, 6.07) is 4.28. The molecule has 2 nitrogen and oxygen atoms in total. The Morgan fingerprint density at radius 3 is 1.88 bits per heavy atom. The van der Waals surface area contributed by atoms with Crippen LogP contribution in [0.3, 0.4) is 0 Å². The molecule has 0 aliphatic carbocycles. The topological polar surface area (TPSA) is 26.3 Å².